The highest BCUT2D eigenvalue weighted by Crippen LogP contribution is 2.16. The van der Waals surface area contributed by atoms with Crippen molar-refractivity contribution in [1.29, 1.82) is 0 Å². The van der Waals surface area contributed by atoms with E-state index in [0.717, 1.165) is 11.3 Å². The summed E-state index contributed by atoms with van der Waals surface area (Å²) in [7, 11) is 3.08. The van der Waals surface area contributed by atoms with Crippen LogP contribution in [-0.4, -0.2) is 26.0 Å². The average molecular weight is 297 g/mol. The van der Waals surface area contributed by atoms with Gasteiger partial charge in [-0.3, -0.25) is 4.79 Å². The monoisotopic (exact) mass is 297 g/mol. The highest BCUT2D eigenvalue weighted by Gasteiger charge is 2.12. The lowest BCUT2D eigenvalue weighted by Crippen LogP contribution is -2.26. The van der Waals surface area contributed by atoms with Crippen molar-refractivity contribution in [2.75, 3.05) is 19.1 Å². The average Bonchev–Trinajstić information content (AvgIpc) is 2.59. The second kappa shape index (κ2) is 7.41. The van der Waals surface area contributed by atoms with Gasteiger partial charge in [0.05, 0.1) is 12.7 Å². The molecule has 0 aliphatic heterocycles. The molecule has 0 fully saturated rings. The number of ether oxygens (including phenoxy) is 1. The Hall–Kier alpha value is -2.62. The number of esters is 1. The molecule has 0 radical (unpaired) electrons. The Morgan fingerprint density at radius 1 is 1.00 bits per heavy atom. The third kappa shape index (κ3) is 3.95. The summed E-state index contributed by atoms with van der Waals surface area (Å²) in [6, 6.07) is 16.7. The van der Waals surface area contributed by atoms with Crippen LogP contribution >= 0.6 is 0 Å². The number of rotatable bonds is 5. The molecule has 4 nitrogen and oxygen atoms in total. The van der Waals surface area contributed by atoms with Crippen molar-refractivity contribution in [3.63, 3.8) is 0 Å². The summed E-state index contributed by atoms with van der Waals surface area (Å²) in [5.74, 6) is -0.348. The number of anilines is 1. The number of nitrogens with zero attached hydrogens (tertiary/aromatic N) is 1. The molecular formula is C18H19NO3. The number of hydrogen-bond donors (Lipinski definition) is 0. The lowest BCUT2D eigenvalue weighted by molar-refractivity contribution is -0.118. The summed E-state index contributed by atoms with van der Waals surface area (Å²) >= 11 is 0. The van der Waals surface area contributed by atoms with Gasteiger partial charge in [-0.1, -0.05) is 30.3 Å². The molecule has 0 aliphatic rings. The first-order valence-corrected chi connectivity index (χ1v) is 7.10. The Bertz CT molecular complexity index is 635. The molecule has 2 rings (SSSR count). The minimum atomic E-state index is -0.385. The minimum absolute atomic E-state index is 0.0367. The van der Waals surface area contributed by atoms with Gasteiger partial charge in [0.15, 0.2) is 0 Å². The largest absolute Gasteiger partial charge is 0.465 e. The van der Waals surface area contributed by atoms with E-state index >= 15 is 0 Å². The second-order valence-electron chi connectivity index (χ2n) is 4.98. The zero-order valence-electron chi connectivity index (χ0n) is 12.8. The maximum atomic E-state index is 12.2. The maximum Gasteiger partial charge on any atom is 0.337 e. The molecule has 0 saturated heterocycles. The summed E-state index contributed by atoms with van der Waals surface area (Å²) in [6.07, 6.45) is 1.16. The van der Waals surface area contributed by atoms with Crippen LogP contribution in [-0.2, 0) is 16.0 Å². The van der Waals surface area contributed by atoms with Crippen molar-refractivity contribution in [2.24, 2.45) is 0 Å². The van der Waals surface area contributed by atoms with Crippen LogP contribution < -0.4 is 4.90 Å². The molecule has 0 aromatic heterocycles. The van der Waals surface area contributed by atoms with Gasteiger partial charge in [0.2, 0.25) is 5.91 Å². The predicted molar refractivity (Wildman–Crippen MR) is 86.0 cm³/mol. The van der Waals surface area contributed by atoms with Gasteiger partial charge in [-0.25, -0.2) is 4.79 Å². The van der Waals surface area contributed by atoms with Gasteiger partial charge >= 0.3 is 5.97 Å². The molecule has 0 aliphatic carbocycles. The standard InChI is InChI=1S/C18H19NO3/c1-19(16-11-9-15(10-12-16)18(21)22-2)17(20)13-8-14-6-4-3-5-7-14/h3-7,9-12H,8,13H2,1-2H3. The molecule has 114 valence electrons. The topological polar surface area (TPSA) is 46.6 Å². The van der Waals surface area contributed by atoms with Crippen LogP contribution in [0.25, 0.3) is 0 Å². The first-order valence-electron chi connectivity index (χ1n) is 7.10. The van der Waals surface area contributed by atoms with Crippen molar-refractivity contribution in [3.05, 3.63) is 65.7 Å². The summed E-state index contributed by atoms with van der Waals surface area (Å²) in [5, 5.41) is 0. The Morgan fingerprint density at radius 3 is 2.23 bits per heavy atom. The summed E-state index contributed by atoms with van der Waals surface area (Å²) in [6.45, 7) is 0. The molecule has 4 heteroatoms. The predicted octanol–water partition coefficient (Wildman–Crippen LogP) is 3.07. The van der Waals surface area contributed by atoms with E-state index in [1.807, 2.05) is 30.3 Å². The fourth-order valence-electron chi connectivity index (χ4n) is 2.15. The van der Waals surface area contributed by atoms with Crippen LogP contribution in [0.4, 0.5) is 5.69 Å². The summed E-state index contributed by atoms with van der Waals surface area (Å²) < 4.78 is 4.65. The summed E-state index contributed by atoms with van der Waals surface area (Å²) in [4.78, 5) is 25.2. The second-order valence-corrected chi connectivity index (χ2v) is 4.98. The van der Waals surface area contributed by atoms with Gasteiger partial charge in [0.25, 0.3) is 0 Å². The molecular weight excluding hydrogens is 278 g/mol. The van der Waals surface area contributed by atoms with E-state index in [-0.39, 0.29) is 11.9 Å². The van der Waals surface area contributed by atoms with E-state index in [0.29, 0.717) is 18.4 Å². The van der Waals surface area contributed by atoms with Crippen LogP contribution in [0.3, 0.4) is 0 Å². The van der Waals surface area contributed by atoms with Gasteiger partial charge in [-0.2, -0.15) is 0 Å². The molecule has 0 heterocycles. The van der Waals surface area contributed by atoms with E-state index in [4.69, 9.17) is 0 Å². The van der Waals surface area contributed by atoms with Crippen LogP contribution in [0.2, 0.25) is 0 Å². The van der Waals surface area contributed by atoms with E-state index < -0.39 is 0 Å². The molecule has 22 heavy (non-hydrogen) atoms. The van der Waals surface area contributed by atoms with Crippen LogP contribution in [0.15, 0.2) is 54.6 Å². The third-order valence-electron chi connectivity index (χ3n) is 3.52. The highest BCUT2D eigenvalue weighted by atomic mass is 16.5. The lowest BCUT2D eigenvalue weighted by atomic mass is 10.1. The molecule has 2 aromatic carbocycles. The third-order valence-corrected chi connectivity index (χ3v) is 3.52. The SMILES string of the molecule is COC(=O)c1ccc(N(C)C(=O)CCc2ccccc2)cc1. The Balaban J connectivity index is 1.96. The summed E-state index contributed by atoms with van der Waals surface area (Å²) in [5.41, 5.74) is 2.37. The van der Waals surface area contributed by atoms with Crippen molar-refractivity contribution in [2.45, 2.75) is 12.8 Å². The van der Waals surface area contributed by atoms with Gasteiger partial charge < -0.3 is 9.64 Å². The van der Waals surface area contributed by atoms with Crippen molar-refractivity contribution >= 4 is 17.6 Å². The van der Waals surface area contributed by atoms with Crippen LogP contribution in [0, 0.1) is 0 Å². The number of amides is 1. The molecule has 0 N–H and O–H groups in total. The molecule has 0 bridgehead atoms. The van der Waals surface area contributed by atoms with Gasteiger partial charge in [0.1, 0.15) is 0 Å². The number of methoxy groups -OCH3 is 1. The number of hydrogen-bond acceptors (Lipinski definition) is 3. The number of benzene rings is 2. The Kier molecular flexibility index (Phi) is 5.31. The minimum Gasteiger partial charge on any atom is -0.465 e. The number of carbonyl (C=O) groups excluding carboxylic acids is 2. The first-order chi connectivity index (χ1) is 10.6. The molecule has 0 atom stereocenters. The molecule has 1 amide bonds. The quantitative estimate of drug-likeness (QED) is 0.797. The highest BCUT2D eigenvalue weighted by molar-refractivity contribution is 5.94. The van der Waals surface area contributed by atoms with Crippen molar-refractivity contribution in [3.8, 4) is 0 Å². The fourth-order valence-corrected chi connectivity index (χ4v) is 2.15. The first kappa shape index (κ1) is 15.8. The maximum absolute atomic E-state index is 12.2. The molecule has 0 unspecified atom stereocenters. The van der Waals surface area contributed by atoms with Crippen molar-refractivity contribution < 1.29 is 14.3 Å². The smallest absolute Gasteiger partial charge is 0.337 e. The molecule has 0 spiro atoms. The molecule has 0 saturated carbocycles. The Morgan fingerprint density at radius 2 is 1.64 bits per heavy atom. The van der Waals surface area contributed by atoms with Gasteiger partial charge in [0, 0.05) is 19.2 Å². The molecule has 2 aromatic rings. The number of aryl methyl sites for hydroxylation is 1. The van der Waals surface area contributed by atoms with Crippen LogP contribution in [0.1, 0.15) is 22.3 Å². The van der Waals surface area contributed by atoms with Gasteiger partial charge in [-0.15, -0.1) is 0 Å². The zero-order chi connectivity index (χ0) is 15.9. The van der Waals surface area contributed by atoms with E-state index in [9.17, 15) is 9.59 Å². The number of carbonyl (C=O) groups is 2. The Labute approximate surface area is 130 Å². The zero-order valence-corrected chi connectivity index (χ0v) is 12.8. The van der Waals surface area contributed by atoms with E-state index in [2.05, 4.69) is 4.74 Å². The van der Waals surface area contributed by atoms with E-state index in [1.165, 1.54) is 7.11 Å². The fraction of sp³-hybridized carbons (Fsp3) is 0.222. The van der Waals surface area contributed by atoms with Crippen LogP contribution in [0.5, 0.6) is 0 Å². The van der Waals surface area contributed by atoms with E-state index in [1.54, 1.807) is 36.2 Å². The van der Waals surface area contributed by atoms with Crippen molar-refractivity contribution in [1.82, 2.24) is 0 Å². The lowest BCUT2D eigenvalue weighted by Gasteiger charge is -2.17. The van der Waals surface area contributed by atoms with Gasteiger partial charge in [-0.05, 0) is 36.2 Å². The normalized spacial score (nSPS) is 10.1.